The van der Waals surface area contributed by atoms with Crippen LogP contribution in [0.5, 0.6) is 0 Å². The van der Waals surface area contributed by atoms with Gasteiger partial charge in [0.2, 0.25) is 0 Å². The van der Waals surface area contributed by atoms with Crippen molar-refractivity contribution >= 4 is 8.81 Å². The van der Waals surface area contributed by atoms with E-state index in [0.717, 1.165) is 6.73 Å². The highest BCUT2D eigenvalue weighted by molar-refractivity contribution is 7.31. The molecular weight excluding hydrogens is 109 g/mol. The van der Waals surface area contributed by atoms with E-state index >= 15 is 0 Å². The van der Waals surface area contributed by atoms with Gasteiger partial charge in [0.05, 0.1) is 0 Å². The molecule has 0 spiro atoms. The SMILES string of the molecule is CPOCN(C)C. The van der Waals surface area contributed by atoms with E-state index in [1.165, 1.54) is 0 Å². The maximum atomic E-state index is 5.05. The van der Waals surface area contributed by atoms with Crippen molar-refractivity contribution in [3.8, 4) is 0 Å². The number of hydrogen-bond acceptors (Lipinski definition) is 2. The van der Waals surface area contributed by atoms with Crippen LogP contribution in [0.4, 0.5) is 0 Å². The summed E-state index contributed by atoms with van der Waals surface area (Å²) in [5.74, 6) is 0. The standard InChI is InChI=1S/C4H12NOP/c1-5(2)4-6-7-3/h7H,4H2,1-3H3. The number of rotatable bonds is 3. The first-order valence-corrected chi connectivity index (χ1v) is 3.61. The van der Waals surface area contributed by atoms with Crippen molar-refractivity contribution in [1.29, 1.82) is 0 Å². The van der Waals surface area contributed by atoms with Gasteiger partial charge >= 0.3 is 0 Å². The van der Waals surface area contributed by atoms with Gasteiger partial charge in [-0.25, -0.2) is 0 Å². The van der Waals surface area contributed by atoms with Crippen LogP contribution in [0.3, 0.4) is 0 Å². The quantitative estimate of drug-likeness (QED) is 0.403. The lowest BCUT2D eigenvalue weighted by atomic mass is 11.0. The first-order chi connectivity index (χ1) is 3.27. The van der Waals surface area contributed by atoms with Gasteiger partial charge in [-0.3, -0.25) is 4.90 Å². The molecule has 0 aliphatic rings. The Morgan fingerprint density at radius 1 is 1.57 bits per heavy atom. The van der Waals surface area contributed by atoms with Crippen LogP contribution in [0.15, 0.2) is 0 Å². The summed E-state index contributed by atoms with van der Waals surface area (Å²) in [7, 11) is 4.58. The van der Waals surface area contributed by atoms with E-state index in [0.29, 0.717) is 8.81 Å². The molecule has 0 aliphatic heterocycles. The Morgan fingerprint density at radius 3 is 2.29 bits per heavy atom. The fraction of sp³-hybridized carbons (Fsp3) is 1.00. The summed E-state index contributed by atoms with van der Waals surface area (Å²) in [5.41, 5.74) is 0. The number of nitrogens with zero attached hydrogens (tertiary/aromatic N) is 1. The van der Waals surface area contributed by atoms with Crippen LogP contribution in [0.1, 0.15) is 0 Å². The second-order valence-electron chi connectivity index (χ2n) is 1.56. The highest BCUT2D eigenvalue weighted by atomic mass is 31.1. The summed E-state index contributed by atoms with van der Waals surface area (Å²) in [6.45, 7) is 2.76. The molecule has 0 aliphatic carbocycles. The highest BCUT2D eigenvalue weighted by Crippen LogP contribution is 2.02. The molecule has 0 aromatic carbocycles. The van der Waals surface area contributed by atoms with Crippen LogP contribution in [-0.2, 0) is 4.52 Å². The lowest BCUT2D eigenvalue weighted by Gasteiger charge is -2.06. The lowest BCUT2D eigenvalue weighted by Crippen LogP contribution is -2.12. The zero-order valence-electron chi connectivity index (χ0n) is 5.06. The summed E-state index contributed by atoms with van der Waals surface area (Å²) >= 11 is 0. The van der Waals surface area contributed by atoms with Crippen molar-refractivity contribution in [2.75, 3.05) is 27.5 Å². The van der Waals surface area contributed by atoms with E-state index in [1.807, 2.05) is 25.7 Å². The van der Waals surface area contributed by atoms with E-state index in [4.69, 9.17) is 4.52 Å². The molecule has 44 valence electrons. The second-order valence-corrected chi connectivity index (χ2v) is 2.25. The van der Waals surface area contributed by atoms with Gasteiger partial charge in [0.15, 0.2) is 0 Å². The zero-order chi connectivity index (χ0) is 5.70. The van der Waals surface area contributed by atoms with Crippen molar-refractivity contribution in [3.63, 3.8) is 0 Å². The first-order valence-electron chi connectivity index (χ1n) is 2.20. The first kappa shape index (κ1) is 7.35. The van der Waals surface area contributed by atoms with Gasteiger partial charge in [0.1, 0.15) is 6.73 Å². The van der Waals surface area contributed by atoms with Crippen LogP contribution < -0.4 is 0 Å². The van der Waals surface area contributed by atoms with Crippen molar-refractivity contribution in [1.82, 2.24) is 4.90 Å². The minimum absolute atomic E-state index is 0.609. The summed E-state index contributed by atoms with van der Waals surface area (Å²) in [6.07, 6.45) is 0. The molecule has 0 radical (unpaired) electrons. The van der Waals surface area contributed by atoms with Gasteiger partial charge in [-0.1, -0.05) is 0 Å². The monoisotopic (exact) mass is 121 g/mol. The average molecular weight is 121 g/mol. The van der Waals surface area contributed by atoms with Gasteiger partial charge in [-0.2, -0.15) is 0 Å². The molecule has 0 fully saturated rings. The van der Waals surface area contributed by atoms with Gasteiger partial charge < -0.3 is 4.52 Å². The third kappa shape index (κ3) is 6.35. The minimum atomic E-state index is 0.609. The second kappa shape index (κ2) is 4.51. The van der Waals surface area contributed by atoms with Gasteiger partial charge in [-0.05, 0) is 20.8 Å². The molecule has 1 unspecified atom stereocenters. The van der Waals surface area contributed by atoms with Crippen molar-refractivity contribution in [3.05, 3.63) is 0 Å². The van der Waals surface area contributed by atoms with Crippen molar-refractivity contribution in [2.24, 2.45) is 0 Å². The van der Waals surface area contributed by atoms with E-state index in [-0.39, 0.29) is 0 Å². The summed E-state index contributed by atoms with van der Waals surface area (Å²) in [5, 5.41) is 0. The van der Waals surface area contributed by atoms with Crippen LogP contribution in [-0.4, -0.2) is 32.4 Å². The Balaban J connectivity index is 2.68. The number of hydrogen-bond donors (Lipinski definition) is 0. The third-order valence-corrected chi connectivity index (χ3v) is 0.885. The minimum Gasteiger partial charge on any atom is -0.347 e. The van der Waals surface area contributed by atoms with Crippen LogP contribution in [0.2, 0.25) is 0 Å². The highest BCUT2D eigenvalue weighted by Gasteiger charge is 1.82. The Kier molecular flexibility index (Phi) is 4.73. The fourth-order valence-electron chi connectivity index (χ4n) is 0.194. The van der Waals surface area contributed by atoms with Gasteiger partial charge in [0.25, 0.3) is 0 Å². The van der Waals surface area contributed by atoms with E-state index in [9.17, 15) is 0 Å². The van der Waals surface area contributed by atoms with Gasteiger partial charge in [0, 0.05) is 8.81 Å². The lowest BCUT2D eigenvalue weighted by molar-refractivity contribution is 0.203. The summed E-state index contributed by atoms with van der Waals surface area (Å²) in [6, 6.07) is 0. The van der Waals surface area contributed by atoms with Crippen LogP contribution in [0, 0.1) is 0 Å². The van der Waals surface area contributed by atoms with E-state index < -0.39 is 0 Å². The predicted molar refractivity (Wildman–Crippen MR) is 33.9 cm³/mol. The molecule has 0 aromatic heterocycles. The topological polar surface area (TPSA) is 12.5 Å². The third-order valence-electron chi connectivity index (χ3n) is 0.467. The molecule has 7 heavy (non-hydrogen) atoms. The van der Waals surface area contributed by atoms with E-state index in [2.05, 4.69) is 0 Å². The van der Waals surface area contributed by atoms with Crippen molar-refractivity contribution < 1.29 is 4.52 Å². The molecule has 0 rings (SSSR count). The molecule has 0 bridgehead atoms. The molecule has 0 N–H and O–H groups in total. The van der Waals surface area contributed by atoms with Crippen molar-refractivity contribution in [2.45, 2.75) is 0 Å². The zero-order valence-corrected chi connectivity index (χ0v) is 6.06. The fourth-order valence-corrected chi connectivity index (χ4v) is 0.581. The Hall–Kier alpha value is 0.350. The smallest absolute Gasteiger partial charge is 0.102 e. The molecule has 0 aromatic rings. The maximum Gasteiger partial charge on any atom is 0.102 e. The normalized spacial score (nSPS) is 12.0. The molecule has 0 saturated heterocycles. The predicted octanol–water partition coefficient (Wildman–Crippen LogP) is 0.745. The molecule has 3 heteroatoms. The van der Waals surface area contributed by atoms with Crippen LogP contribution in [0.25, 0.3) is 0 Å². The van der Waals surface area contributed by atoms with E-state index in [1.54, 1.807) is 0 Å². The Bertz CT molecular complexity index is 40.7. The Morgan fingerprint density at radius 2 is 2.14 bits per heavy atom. The average Bonchev–Trinajstić information content (AvgIpc) is 1.61. The largest absolute Gasteiger partial charge is 0.347 e. The molecule has 0 saturated carbocycles. The molecule has 0 heterocycles. The Labute approximate surface area is 46.7 Å². The van der Waals surface area contributed by atoms with Gasteiger partial charge in [-0.15, -0.1) is 0 Å². The summed E-state index contributed by atoms with van der Waals surface area (Å²) < 4.78 is 5.05. The molecular formula is C4H12NOP. The summed E-state index contributed by atoms with van der Waals surface area (Å²) in [4.78, 5) is 2.00. The molecule has 2 nitrogen and oxygen atoms in total. The maximum absolute atomic E-state index is 5.05. The van der Waals surface area contributed by atoms with Crippen LogP contribution >= 0.6 is 8.81 Å². The molecule has 1 atom stereocenters. The molecule has 0 amide bonds.